The number of ketones is 1. The van der Waals surface area contributed by atoms with Crippen LogP contribution in [0.25, 0.3) is 6.08 Å². The molecule has 3 aromatic carbocycles. The maximum atomic E-state index is 12.6. The minimum absolute atomic E-state index is 0.00821. The molecule has 1 heterocycles. The molecule has 0 amide bonds. The summed E-state index contributed by atoms with van der Waals surface area (Å²) in [5.41, 5.74) is 0.881. The van der Waals surface area contributed by atoms with Crippen LogP contribution in [0.15, 0.2) is 66.4 Å². The minimum atomic E-state index is -0.632. The van der Waals surface area contributed by atoms with Crippen molar-refractivity contribution in [2.45, 2.75) is 0 Å². The van der Waals surface area contributed by atoms with E-state index < -0.39 is 10.9 Å². The Labute approximate surface area is 187 Å². The number of non-ortho nitro benzene ring substituents is 1. The summed E-state index contributed by atoms with van der Waals surface area (Å²) < 4.78 is 21.4. The molecule has 1 aliphatic heterocycles. The first-order chi connectivity index (χ1) is 15.9. The number of nitrogens with zero attached hydrogens (tertiary/aromatic N) is 1. The summed E-state index contributed by atoms with van der Waals surface area (Å²) in [6.45, 7) is 0. The summed E-state index contributed by atoms with van der Waals surface area (Å²) in [7, 11) is 2.95. The Morgan fingerprint density at radius 3 is 2.52 bits per heavy atom. The lowest BCUT2D eigenvalue weighted by molar-refractivity contribution is -0.384. The normalized spacial score (nSPS) is 13.3. The smallest absolute Gasteiger partial charge is 0.343 e. The Morgan fingerprint density at radius 2 is 1.79 bits per heavy atom. The number of methoxy groups -OCH3 is 2. The Kier molecular flexibility index (Phi) is 5.77. The van der Waals surface area contributed by atoms with Crippen LogP contribution in [-0.2, 0) is 0 Å². The molecular formula is C24H17NO8. The lowest BCUT2D eigenvalue weighted by Crippen LogP contribution is -2.09. The van der Waals surface area contributed by atoms with E-state index in [0.29, 0.717) is 17.1 Å². The molecule has 0 radical (unpaired) electrons. The van der Waals surface area contributed by atoms with Crippen LogP contribution in [0.1, 0.15) is 26.3 Å². The number of esters is 1. The molecule has 4 rings (SSSR count). The zero-order valence-corrected chi connectivity index (χ0v) is 17.6. The van der Waals surface area contributed by atoms with Gasteiger partial charge in [0.05, 0.1) is 30.3 Å². The molecule has 0 fully saturated rings. The number of hydrogen-bond acceptors (Lipinski definition) is 8. The van der Waals surface area contributed by atoms with Crippen LogP contribution in [0, 0.1) is 10.1 Å². The molecule has 1 aliphatic rings. The molecule has 9 nitrogen and oxygen atoms in total. The van der Waals surface area contributed by atoms with Crippen molar-refractivity contribution in [1.29, 1.82) is 0 Å². The van der Waals surface area contributed by atoms with Gasteiger partial charge < -0.3 is 18.9 Å². The second-order valence-electron chi connectivity index (χ2n) is 6.91. The Bertz CT molecular complexity index is 1310. The highest BCUT2D eigenvalue weighted by Gasteiger charge is 2.28. The quantitative estimate of drug-likeness (QED) is 0.179. The van der Waals surface area contributed by atoms with Crippen molar-refractivity contribution in [3.05, 3.63) is 93.2 Å². The molecule has 0 saturated heterocycles. The Hall–Kier alpha value is -4.66. The van der Waals surface area contributed by atoms with Crippen LogP contribution in [0.4, 0.5) is 5.69 Å². The summed E-state index contributed by atoms with van der Waals surface area (Å²) in [5.74, 6) is 0.246. The van der Waals surface area contributed by atoms with Gasteiger partial charge in [0.2, 0.25) is 5.78 Å². The van der Waals surface area contributed by atoms with Gasteiger partial charge in [-0.05, 0) is 42.0 Å². The van der Waals surface area contributed by atoms with Gasteiger partial charge in [-0.1, -0.05) is 12.1 Å². The van der Waals surface area contributed by atoms with Crippen LogP contribution in [0.5, 0.6) is 23.0 Å². The molecule has 33 heavy (non-hydrogen) atoms. The lowest BCUT2D eigenvalue weighted by Gasteiger charge is -2.10. The molecule has 0 atom stereocenters. The van der Waals surface area contributed by atoms with E-state index in [4.69, 9.17) is 18.9 Å². The van der Waals surface area contributed by atoms with Gasteiger partial charge in [-0.2, -0.15) is 0 Å². The van der Waals surface area contributed by atoms with Crippen molar-refractivity contribution in [2.75, 3.05) is 14.2 Å². The van der Waals surface area contributed by atoms with Gasteiger partial charge in [0.1, 0.15) is 11.5 Å². The molecule has 3 aromatic rings. The average molecular weight is 447 g/mol. The molecule has 0 saturated carbocycles. The van der Waals surface area contributed by atoms with Gasteiger partial charge in [-0.3, -0.25) is 14.9 Å². The predicted octanol–water partition coefficient (Wildman–Crippen LogP) is 4.45. The van der Waals surface area contributed by atoms with Gasteiger partial charge in [0, 0.05) is 18.2 Å². The number of fused-ring (bicyclic) bond motifs is 1. The third kappa shape index (κ3) is 4.38. The van der Waals surface area contributed by atoms with E-state index >= 15 is 0 Å². The standard InChI is InChI=1S/C24H17NO8/c1-30-19-9-6-15(12-21(19)31-2)24(27)32-17-7-8-18-20(13-17)33-22(23(18)26)11-14-4-3-5-16(10-14)25(28)29/h3-13H,1-2H3/b22-11-. The molecule has 0 unspecified atom stereocenters. The fourth-order valence-corrected chi connectivity index (χ4v) is 3.24. The summed E-state index contributed by atoms with van der Waals surface area (Å²) in [5, 5.41) is 11.0. The number of nitro groups is 1. The van der Waals surface area contributed by atoms with Crippen molar-refractivity contribution in [2.24, 2.45) is 0 Å². The van der Waals surface area contributed by atoms with Crippen LogP contribution in [0.2, 0.25) is 0 Å². The Balaban J connectivity index is 1.54. The second kappa shape index (κ2) is 8.83. The summed E-state index contributed by atoms with van der Waals surface area (Å²) in [4.78, 5) is 35.6. The van der Waals surface area contributed by atoms with Crippen LogP contribution >= 0.6 is 0 Å². The number of hydrogen-bond donors (Lipinski definition) is 0. The van der Waals surface area contributed by atoms with E-state index in [0.717, 1.165) is 0 Å². The highest BCUT2D eigenvalue weighted by atomic mass is 16.6. The summed E-state index contributed by atoms with van der Waals surface area (Å²) in [6, 6.07) is 14.9. The topological polar surface area (TPSA) is 114 Å². The first-order valence-corrected chi connectivity index (χ1v) is 9.66. The molecule has 0 aliphatic carbocycles. The van der Waals surface area contributed by atoms with E-state index in [9.17, 15) is 19.7 Å². The van der Waals surface area contributed by atoms with Gasteiger partial charge in [-0.25, -0.2) is 4.79 Å². The summed E-state index contributed by atoms with van der Waals surface area (Å²) in [6.07, 6.45) is 1.42. The number of nitro benzene ring substituents is 1. The third-order valence-corrected chi connectivity index (χ3v) is 4.85. The molecule has 0 bridgehead atoms. The average Bonchev–Trinajstić information content (AvgIpc) is 3.12. The number of benzene rings is 3. The number of ether oxygens (including phenoxy) is 4. The minimum Gasteiger partial charge on any atom is -0.493 e. The lowest BCUT2D eigenvalue weighted by atomic mass is 10.1. The fourth-order valence-electron chi connectivity index (χ4n) is 3.24. The second-order valence-corrected chi connectivity index (χ2v) is 6.91. The van der Waals surface area contributed by atoms with Crippen molar-refractivity contribution in [1.82, 2.24) is 0 Å². The van der Waals surface area contributed by atoms with E-state index in [1.807, 2.05) is 0 Å². The zero-order chi connectivity index (χ0) is 23.5. The SMILES string of the molecule is COc1ccc(C(=O)Oc2ccc3c(c2)O/C(=C\c2cccc([N+](=O)[O-])c2)C3=O)cc1OC. The van der Waals surface area contributed by atoms with E-state index in [1.54, 1.807) is 12.1 Å². The van der Waals surface area contributed by atoms with Crippen LogP contribution in [-0.4, -0.2) is 30.9 Å². The van der Waals surface area contributed by atoms with Crippen LogP contribution < -0.4 is 18.9 Å². The van der Waals surface area contributed by atoms with Crippen molar-refractivity contribution in [3.8, 4) is 23.0 Å². The van der Waals surface area contributed by atoms with Gasteiger partial charge in [0.25, 0.3) is 5.69 Å². The molecule has 0 spiro atoms. The highest BCUT2D eigenvalue weighted by Crippen LogP contribution is 2.35. The number of Topliss-reactive ketones (excluding diaryl/α,β-unsaturated/α-hetero) is 1. The number of carbonyl (C=O) groups excluding carboxylic acids is 2. The Morgan fingerprint density at radius 1 is 1.00 bits per heavy atom. The van der Waals surface area contributed by atoms with Gasteiger partial charge in [-0.15, -0.1) is 0 Å². The first-order valence-electron chi connectivity index (χ1n) is 9.66. The van der Waals surface area contributed by atoms with Crippen molar-refractivity contribution < 1.29 is 33.5 Å². The molecule has 166 valence electrons. The molecule has 0 N–H and O–H groups in total. The molecule has 9 heteroatoms. The van der Waals surface area contributed by atoms with Gasteiger partial charge in [0.15, 0.2) is 17.3 Å². The summed E-state index contributed by atoms with van der Waals surface area (Å²) >= 11 is 0. The van der Waals surface area contributed by atoms with Gasteiger partial charge >= 0.3 is 5.97 Å². The van der Waals surface area contributed by atoms with E-state index in [1.165, 1.54) is 68.8 Å². The van der Waals surface area contributed by atoms with Crippen molar-refractivity contribution in [3.63, 3.8) is 0 Å². The number of rotatable bonds is 6. The molecular weight excluding hydrogens is 430 g/mol. The maximum absolute atomic E-state index is 12.6. The number of allylic oxidation sites excluding steroid dienone is 1. The van der Waals surface area contributed by atoms with Crippen molar-refractivity contribution >= 4 is 23.5 Å². The largest absolute Gasteiger partial charge is 0.493 e. The predicted molar refractivity (Wildman–Crippen MR) is 117 cm³/mol. The maximum Gasteiger partial charge on any atom is 0.343 e. The van der Waals surface area contributed by atoms with E-state index in [2.05, 4.69) is 0 Å². The highest BCUT2D eigenvalue weighted by molar-refractivity contribution is 6.14. The fraction of sp³-hybridized carbons (Fsp3) is 0.0833. The zero-order valence-electron chi connectivity index (χ0n) is 17.6. The number of carbonyl (C=O) groups is 2. The van der Waals surface area contributed by atoms with E-state index in [-0.39, 0.29) is 39.9 Å². The monoisotopic (exact) mass is 447 g/mol. The first kappa shape index (κ1) is 21.6. The molecule has 0 aromatic heterocycles. The third-order valence-electron chi connectivity index (χ3n) is 4.85. The van der Waals surface area contributed by atoms with Crippen LogP contribution in [0.3, 0.4) is 0 Å².